The fourth-order valence-corrected chi connectivity index (χ4v) is 5.28. The van der Waals surface area contributed by atoms with Crippen LogP contribution in [0.2, 0.25) is 0 Å². The van der Waals surface area contributed by atoms with Crippen molar-refractivity contribution >= 4 is 38.8 Å². The van der Waals surface area contributed by atoms with Crippen molar-refractivity contribution in [2.45, 2.75) is 12.8 Å². The van der Waals surface area contributed by atoms with E-state index in [0.29, 0.717) is 0 Å². The lowest BCUT2D eigenvalue weighted by Crippen LogP contribution is -1.92. The van der Waals surface area contributed by atoms with Gasteiger partial charge in [-0.2, -0.15) is 0 Å². The van der Waals surface area contributed by atoms with Crippen LogP contribution in [0.3, 0.4) is 0 Å². The summed E-state index contributed by atoms with van der Waals surface area (Å²) in [6.45, 7) is 0. The monoisotopic (exact) mass is 410 g/mol. The number of nitrogens with zero attached hydrogens (tertiary/aromatic N) is 1. The highest BCUT2D eigenvalue weighted by molar-refractivity contribution is 6.10. The van der Waals surface area contributed by atoms with Crippen LogP contribution in [-0.2, 0) is 6.42 Å². The maximum atomic E-state index is 3.66. The van der Waals surface area contributed by atoms with E-state index in [1.807, 2.05) is 0 Å². The maximum Gasteiger partial charge on any atom is 0.0541 e. The lowest BCUT2D eigenvalue weighted by Gasteiger charge is -2.08. The van der Waals surface area contributed by atoms with Gasteiger partial charge in [0.15, 0.2) is 0 Å². The number of hydrogen-bond donors (Lipinski definition) is 1. The van der Waals surface area contributed by atoms with Crippen LogP contribution in [0.5, 0.6) is 0 Å². The van der Waals surface area contributed by atoms with E-state index in [0.717, 1.165) is 12.8 Å². The van der Waals surface area contributed by atoms with E-state index in [1.165, 1.54) is 60.8 Å². The number of hydrogen-bond acceptors (Lipinski definition) is 0. The SMILES string of the molecule is C1=Cc2c([nH]c3cc(-c4ccc5c(c4)c4ccccc4n5-c4ccccc4)ccc23)CC1. The van der Waals surface area contributed by atoms with Crippen molar-refractivity contribution in [3.63, 3.8) is 0 Å². The summed E-state index contributed by atoms with van der Waals surface area (Å²) >= 11 is 0. The summed E-state index contributed by atoms with van der Waals surface area (Å²) in [4.78, 5) is 3.66. The average Bonchev–Trinajstić information content (AvgIpc) is 3.39. The van der Waals surface area contributed by atoms with Crippen molar-refractivity contribution in [1.82, 2.24) is 9.55 Å². The first-order valence-corrected chi connectivity index (χ1v) is 11.3. The first-order chi connectivity index (χ1) is 15.9. The van der Waals surface area contributed by atoms with Gasteiger partial charge in [0.05, 0.1) is 11.0 Å². The number of para-hydroxylation sites is 2. The number of allylic oxidation sites excluding steroid dienone is 1. The Labute approximate surface area is 186 Å². The number of nitrogens with one attached hydrogen (secondary N) is 1. The minimum Gasteiger partial charge on any atom is -0.358 e. The first-order valence-electron chi connectivity index (χ1n) is 11.3. The molecule has 0 unspecified atom stereocenters. The average molecular weight is 411 g/mol. The van der Waals surface area contributed by atoms with Crippen LogP contribution < -0.4 is 0 Å². The summed E-state index contributed by atoms with van der Waals surface area (Å²) in [6, 6.07) is 33.0. The van der Waals surface area contributed by atoms with E-state index < -0.39 is 0 Å². The van der Waals surface area contributed by atoms with Crippen LogP contribution >= 0.6 is 0 Å². The number of aryl methyl sites for hydroxylation is 1. The molecule has 0 saturated heterocycles. The van der Waals surface area contributed by atoms with E-state index >= 15 is 0 Å². The van der Waals surface area contributed by atoms with Gasteiger partial charge in [-0.15, -0.1) is 0 Å². The minimum atomic E-state index is 1.10. The Bertz CT molecular complexity index is 1660. The number of benzene rings is 4. The summed E-state index contributed by atoms with van der Waals surface area (Å²) in [5.74, 6) is 0. The molecule has 2 heterocycles. The number of rotatable bonds is 2. The lowest BCUT2D eigenvalue weighted by molar-refractivity contribution is 0.951. The Morgan fingerprint density at radius 1 is 0.656 bits per heavy atom. The van der Waals surface area contributed by atoms with E-state index in [-0.39, 0.29) is 0 Å². The van der Waals surface area contributed by atoms with Gasteiger partial charge >= 0.3 is 0 Å². The number of aromatic nitrogens is 2. The molecule has 0 bridgehead atoms. The van der Waals surface area contributed by atoms with Gasteiger partial charge < -0.3 is 9.55 Å². The molecule has 152 valence electrons. The van der Waals surface area contributed by atoms with Crippen LogP contribution in [0.25, 0.3) is 55.6 Å². The largest absolute Gasteiger partial charge is 0.358 e. The molecule has 0 amide bonds. The smallest absolute Gasteiger partial charge is 0.0541 e. The van der Waals surface area contributed by atoms with Crippen LogP contribution in [0.1, 0.15) is 17.7 Å². The third-order valence-corrected chi connectivity index (χ3v) is 6.79. The van der Waals surface area contributed by atoms with E-state index in [9.17, 15) is 0 Å². The molecule has 1 aliphatic carbocycles. The van der Waals surface area contributed by atoms with Crippen molar-refractivity contribution < 1.29 is 0 Å². The number of H-pyrrole nitrogens is 1. The van der Waals surface area contributed by atoms with Crippen LogP contribution in [0.4, 0.5) is 0 Å². The molecular weight excluding hydrogens is 388 g/mol. The third kappa shape index (κ3) is 2.53. The van der Waals surface area contributed by atoms with E-state index in [1.54, 1.807) is 0 Å². The van der Waals surface area contributed by atoms with Gasteiger partial charge in [0.1, 0.15) is 0 Å². The molecule has 1 aliphatic rings. The van der Waals surface area contributed by atoms with Gasteiger partial charge in [-0.3, -0.25) is 0 Å². The molecule has 0 aliphatic heterocycles. The molecule has 7 rings (SSSR count). The standard InChI is InChI=1S/C30H22N2/c1-2-8-22(9-3-1)32-29-13-7-5-11-25(29)26-18-20(15-17-30(26)32)21-14-16-24-23-10-4-6-12-27(23)31-28(24)19-21/h1-5,7-11,13-19,31H,6,12H2. The van der Waals surface area contributed by atoms with Gasteiger partial charge in [-0.1, -0.05) is 66.7 Å². The Kier molecular flexibility index (Phi) is 3.71. The van der Waals surface area contributed by atoms with Crippen molar-refractivity contribution in [1.29, 1.82) is 0 Å². The predicted molar refractivity (Wildman–Crippen MR) is 135 cm³/mol. The molecule has 2 heteroatoms. The quantitative estimate of drug-likeness (QED) is 0.300. The zero-order chi connectivity index (χ0) is 21.1. The second kappa shape index (κ2) is 6.73. The summed E-state index contributed by atoms with van der Waals surface area (Å²) in [5.41, 5.74) is 10.1. The summed E-state index contributed by atoms with van der Waals surface area (Å²) in [6.07, 6.45) is 6.76. The molecule has 0 radical (unpaired) electrons. The molecule has 0 spiro atoms. The van der Waals surface area contributed by atoms with E-state index in [2.05, 4.69) is 113 Å². The van der Waals surface area contributed by atoms with Crippen molar-refractivity contribution in [3.8, 4) is 16.8 Å². The minimum absolute atomic E-state index is 1.10. The van der Waals surface area contributed by atoms with Gasteiger partial charge in [-0.25, -0.2) is 0 Å². The summed E-state index contributed by atoms with van der Waals surface area (Å²) in [5, 5.41) is 3.90. The van der Waals surface area contributed by atoms with Crippen LogP contribution in [0.15, 0.2) is 97.1 Å². The van der Waals surface area contributed by atoms with Crippen molar-refractivity contribution in [2.24, 2.45) is 0 Å². The molecule has 0 atom stereocenters. The van der Waals surface area contributed by atoms with Crippen molar-refractivity contribution in [2.75, 3.05) is 0 Å². The zero-order valence-electron chi connectivity index (χ0n) is 17.7. The fourth-order valence-electron chi connectivity index (χ4n) is 5.28. The number of aromatic amines is 1. The maximum absolute atomic E-state index is 3.66. The number of fused-ring (bicyclic) bond motifs is 6. The second-order valence-corrected chi connectivity index (χ2v) is 8.64. The van der Waals surface area contributed by atoms with Crippen molar-refractivity contribution in [3.05, 3.63) is 108 Å². The molecule has 1 N–H and O–H groups in total. The highest BCUT2D eigenvalue weighted by Crippen LogP contribution is 2.36. The first kappa shape index (κ1) is 17.6. The molecule has 2 nitrogen and oxygen atoms in total. The Morgan fingerprint density at radius 2 is 1.44 bits per heavy atom. The van der Waals surface area contributed by atoms with Gasteiger partial charge in [0, 0.05) is 38.6 Å². The van der Waals surface area contributed by atoms with Crippen LogP contribution in [-0.4, -0.2) is 9.55 Å². The molecule has 32 heavy (non-hydrogen) atoms. The zero-order valence-corrected chi connectivity index (χ0v) is 17.7. The molecule has 2 aromatic heterocycles. The molecule has 0 saturated carbocycles. The molecule has 4 aromatic carbocycles. The van der Waals surface area contributed by atoms with Gasteiger partial charge in [0.25, 0.3) is 0 Å². The third-order valence-electron chi connectivity index (χ3n) is 6.79. The highest BCUT2D eigenvalue weighted by atomic mass is 15.0. The summed E-state index contributed by atoms with van der Waals surface area (Å²) in [7, 11) is 0. The molecular formula is C30H22N2. The normalized spacial score (nSPS) is 13.2. The van der Waals surface area contributed by atoms with Gasteiger partial charge in [0.2, 0.25) is 0 Å². The molecule has 6 aromatic rings. The van der Waals surface area contributed by atoms with Gasteiger partial charge in [-0.05, 0) is 60.4 Å². The molecule has 0 fully saturated rings. The Balaban J connectivity index is 1.44. The summed E-state index contributed by atoms with van der Waals surface area (Å²) < 4.78 is 2.36. The topological polar surface area (TPSA) is 20.7 Å². The Morgan fingerprint density at radius 3 is 2.38 bits per heavy atom. The predicted octanol–water partition coefficient (Wildman–Crippen LogP) is 7.89. The highest BCUT2D eigenvalue weighted by Gasteiger charge is 2.15. The second-order valence-electron chi connectivity index (χ2n) is 8.64. The van der Waals surface area contributed by atoms with Crippen LogP contribution in [0, 0.1) is 0 Å². The fraction of sp³-hybridized carbons (Fsp3) is 0.0667. The lowest BCUT2D eigenvalue weighted by atomic mass is 9.99. The Hall–Kier alpha value is -4.04. The van der Waals surface area contributed by atoms with E-state index in [4.69, 9.17) is 0 Å².